The summed E-state index contributed by atoms with van der Waals surface area (Å²) < 4.78 is 0. The fraction of sp³-hybridized carbons (Fsp3) is 0.800. The van der Waals surface area contributed by atoms with Crippen LogP contribution in [0.15, 0.2) is 5.57 Å². The summed E-state index contributed by atoms with van der Waals surface area (Å²) in [5, 5.41) is 0. The van der Waals surface area contributed by atoms with Crippen molar-refractivity contribution in [3.05, 3.63) is 11.6 Å². The molecule has 0 nitrogen and oxygen atoms in total. The summed E-state index contributed by atoms with van der Waals surface area (Å²) in [6, 6.07) is 0. The van der Waals surface area contributed by atoms with Gasteiger partial charge in [-0.25, -0.2) is 0 Å². The summed E-state index contributed by atoms with van der Waals surface area (Å²) in [6.07, 6.45) is 8.59. The molecule has 1 aliphatic carbocycles. The van der Waals surface area contributed by atoms with Gasteiger partial charge in [-0.1, -0.05) is 19.4 Å². The molecule has 1 aliphatic rings. The summed E-state index contributed by atoms with van der Waals surface area (Å²) in [6.45, 7) is 6.85. The van der Waals surface area contributed by atoms with Gasteiger partial charge in [0.25, 0.3) is 0 Å². The highest BCUT2D eigenvalue weighted by Gasteiger charge is 2.25. The van der Waals surface area contributed by atoms with Crippen LogP contribution in [-0.2, 0) is 0 Å². The minimum absolute atomic E-state index is 0.484. The van der Waals surface area contributed by atoms with E-state index in [1.807, 2.05) is 0 Å². The minimum Gasteiger partial charge on any atom is -0.0646 e. The van der Waals surface area contributed by atoms with Gasteiger partial charge in [0.15, 0.2) is 0 Å². The van der Waals surface area contributed by atoms with Gasteiger partial charge in [0.05, 0.1) is 0 Å². The highest BCUT2D eigenvalue weighted by atomic mass is 14.3. The van der Waals surface area contributed by atoms with E-state index in [-0.39, 0.29) is 0 Å². The largest absolute Gasteiger partial charge is 0.0646 e. The lowest BCUT2D eigenvalue weighted by Crippen LogP contribution is -2.19. The van der Waals surface area contributed by atoms with E-state index in [9.17, 15) is 0 Å². The van der Waals surface area contributed by atoms with Crippen molar-refractivity contribution in [3.63, 3.8) is 0 Å². The maximum Gasteiger partial charge on any atom is -0.0116 e. The molecule has 0 aliphatic heterocycles. The van der Waals surface area contributed by atoms with Crippen LogP contribution in [0.2, 0.25) is 0 Å². The van der Waals surface area contributed by atoms with Crippen molar-refractivity contribution in [2.45, 2.75) is 46.5 Å². The number of hydrogen-bond acceptors (Lipinski definition) is 0. The second-order valence-electron chi connectivity index (χ2n) is 3.57. The molecule has 10 heavy (non-hydrogen) atoms. The molecule has 0 saturated heterocycles. The van der Waals surface area contributed by atoms with Gasteiger partial charge in [0.1, 0.15) is 0 Å². The molecule has 1 rings (SSSR count). The SMILES string of the molecule is CCC1(C)CCC[C]=C1C. The van der Waals surface area contributed by atoms with Gasteiger partial charge in [-0.05, 0) is 44.1 Å². The third-order valence-corrected chi connectivity index (χ3v) is 2.98. The number of hydrogen-bond donors (Lipinski definition) is 0. The van der Waals surface area contributed by atoms with E-state index < -0.39 is 0 Å². The first-order valence-electron chi connectivity index (χ1n) is 4.27. The second kappa shape index (κ2) is 2.77. The lowest BCUT2D eigenvalue weighted by Gasteiger charge is -2.32. The molecule has 1 radical (unpaired) electrons. The maximum absolute atomic E-state index is 3.44. The van der Waals surface area contributed by atoms with Crippen molar-refractivity contribution >= 4 is 0 Å². The van der Waals surface area contributed by atoms with Crippen LogP contribution in [0.3, 0.4) is 0 Å². The normalized spacial score (nSPS) is 33.7. The first kappa shape index (κ1) is 7.84. The third-order valence-electron chi connectivity index (χ3n) is 2.98. The summed E-state index contributed by atoms with van der Waals surface area (Å²) in [4.78, 5) is 0. The molecule has 0 aromatic heterocycles. The van der Waals surface area contributed by atoms with Gasteiger partial charge in [0.2, 0.25) is 0 Å². The predicted molar refractivity (Wildman–Crippen MR) is 44.7 cm³/mol. The quantitative estimate of drug-likeness (QED) is 0.520. The lowest BCUT2D eigenvalue weighted by molar-refractivity contribution is 0.322. The summed E-state index contributed by atoms with van der Waals surface area (Å²) in [7, 11) is 0. The molecule has 1 unspecified atom stereocenters. The van der Waals surface area contributed by atoms with Gasteiger partial charge >= 0.3 is 0 Å². The molecular formula is C10H17. The van der Waals surface area contributed by atoms with Crippen LogP contribution < -0.4 is 0 Å². The average molecular weight is 137 g/mol. The highest BCUT2D eigenvalue weighted by molar-refractivity contribution is 5.09. The van der Waals surface area contributed by atoms with E-state index in [4.69, 9.17) is 0 Å². The molecule has 0 heterocycles. The smallest absolute Gasteiger partial charge is 0.0116 e. The molecule has 57 valence electrons. The van der Waals surface area contributed by atoms with Crippen molar-refractivity contribution in [1.82, 2.24) is 0 Å². The summed E-state index contributed by atoms with van der Waals surface area (Å²) >= 11 is 0. The Labute approximate surface area is 64.3 Å². The fourth-order valence-electron chi connectivity index (χ4n) is 1.60. The van der Waals surface area contributed by atoms with Gasteiger partial charge < -0.3 is 0 Å². The molecule has 0 aromatic carbocycles. The Morgan fingerprint density at radius 3 is 2.70 bits per heavy atom. The number of allylic oxidation sites excluding steroid dienone is 2. The highest BCUT2D eigenvalue weighted by Crippen LogP contribution is 2.38. The summed E-state index contributed by atoms with van der Waals surface area (Å²) in [5.41, 5.74) is 1.97. The van der Waals surface area contributed by atoms with Crippen molar-refractivity contribution in [3.8, 4) is 0 Å². The maximum atomic E-state index is 3.44. The Morgan fingerprint density at radius 2 is 2.30 bits per heavy atom. The minimum atomic E-state index is 0.484. The molecule has 0 fully saturated rings. The predicted octanol–water partition coefficient (Wildman–Crippen LogP) is 3.34. The van der Waals surface area contributed by atoms with Gasteiger partial charge in [-0.15, -0.1) is 0 Å². The summed E-state index contributed by atoms with van der Waals surface area (Å²) in [5.74, 6) is 0. The lowest BCUT2D eigenvalue weighted by atomic mass is 9.73. The third kappa shape index (κ3) is 1.25. The van der Waals surface area contributed by atoms with E-state index in [1.54, 1.807) is 0 Å². The van der Waals surface area contributed by atoms with Crippen LogP contribution in [0.5, 0.6) is 0 Å². The molecule has 0 spiro atoms. The first-order chi connectivity index (χ1) is 4.69. The van der Waals surface area contributed by atoms with Crippen LogP contribution in [0.1, 0.15) is 46.5 Å². The Morgan fingerprint density at radius 1 is 1.60 bits per heavy atom. The van der Waals surface area contributed by atoms with Crippen molar-refractivity contribution in [2.24, 2.45) is 5.41 Å². The molecule has 1 atom stereocenters. The zero-order chi connectivity index (χ0) is 7.61. The van der Waals surface area contributed by atoms with E-state index in [2.05, 4.69) is 26.8 Å². The zero-order valence-electron chi connectivity index (χ0n) is 7.33. The Kier molecular flexibility index (Phi) is 2.18. The van der Waals surface area contributed by atoms with Crippen molar-refractivity contribution < 1.29 is 0 Å². The van der Waals surface area contributed by atoms with Crippen LogP contribution in [0.4, 0.5) is 0 Å². The molecule has 0 aromatic rings. The van der Waals surface area contributed by atoms with Crippen molar-refractivity contribution in [2.75, 3.05) is 0 Å². The number of rotatable bonds is 1. The van der Waals surface area contributed by atoms with Crippen LogP contribution >= 0.6 is 0 Å². The molecule has 0 N–H and O–H groups in total. The topological polar surface area (TPSA) is 0 Å². The van der Waals surface area contributed by atoms with E-state index in [0.717, 1.165) is 0 Å². The average Bonchev–Trinajstić information content (AvgIpc) is 1.96. The van der Waals surface area contributed by atoms with E-state index in [1.165, 1.54) is 31.3 Å². The monoisotopic (exact) mass is 137 g/mol. The molecule has 0 saturated carbocycles. The standard InChI is InChI=1S/C10H17/c1-4-10(3)8-6-5-7-9(10)2/h4-6,8H2,1-3H3. The van der Waals surface area contributed by atoms with Crippen molar-refractivity contribution in [1.29, 1.82) is 0 Å². The first-order valence-corrected chi connectivity index (χ1v) is 4.27. The Balaban J connectivity index is 2.74. The van der Waals surface area contributed by atoms with Gasteiger partial charge in [-0.2, -0.15) is 0 Å². The van der Waals surface area contributed by atoms with Gasteiger partial charge in [-0.3, -0.25) is 0 Å². The molecular weight excluding hydrogens is 120 g/mol. The van der Waals surface area contributed by atoms with Gasteiger partial charge in [0, 0.05) is 0 Å². The molecule has 0 bridgehead atoms. The fourth-order valence-corrected chi connectivity index (χ4v) is 1.60. The van der Waals surface area contributed by atoms with Crippen LogP contribution in [0.25, 0.3) is 0 Å². The Hall–Kier alpha value is -0.260. The molecule has 0 heteroatoms. The Bertz CT molecular complexity index is 144. The van der Waals surface area contributed by atoms with Crippen LogP contribution in [0, 0.1) is 11.5 Å². The van der Waals surface area contributed by atoms with E-state index in [0.29, 0.717) is 5.41 Å². The van der Waals surface area contributed by atoms with E-state index >= 15 is 0 Å². The second-order valence-corrected chi connectivity index (χ2v) is 3.57. The van der Waals surface area contributed by atoms with Crippen LogP contribution in [-0.4, -0.2) is 0 Å². The zero-order valence-corrected chi connectivity index (χ0v) is 7.33. The molecule has 0 amide bonds.